The molecule has 0 amide bonds. The van der Waals surface area contributed by atoms with Crippen molar-refractivity contribution in [1.82, 2.24) is 4.90 Å². The smallest absolute Gasteiger partial charge is 0.133 e. The molecule has 2 unspecified atom stereocenters. The van der Waals surface area contributed by atoms with Crippen LogP contribution >= 0.6 is 23.2 Å². The van der Waals surface area contributed by atoms with Crippen molar-refractivity contribution in [1.29, 1.82) is 0 Å². The molecular formula is C22H27Cl2NO. The van der Waals surface area contributed by atoms with Crippen LogP contribution in [0.25, 0.3) is 0 Å². The molecule has 0 aromatic heterocycles. The molecule has 1 N–H and O–H groups in total. The molecule has 1 saturated heterocycles. The van der Waals surface area contributed by atoms with E-state index in [0.717, 1.165) is 43.8 Å². The predicted octanol–water partition coefficient (Wildman–Crippen LogP) is 6.28. The van der Waals surface area contributed by atoms with Gasteiger partial charge < -0.3 is 5.11 Å². The highest BCUT2D eigenvalue weighted by atomic mass is 35.5. The molecule has 0 saturated carbocycles. The molecule has 0 aliphatic carbocycles. The standard InChI is InChI=1S/C22H27Cl2NO/c1-16(19-9-10-20(23)21(24)15-19)7-8-17-11-13-25(14-12-17)22(26)18-5-3-2-4-6-18/h2-6,9-10,15-17,22,26H,7-8,11-14H2,1H3. The molecular weight excluding hydrogens is 365 g/mol. The third-order valence-electron chi connectivity index (χ3n) is 5.61. The van der Waals surface area contributed by atoms with Gasteiger partial charge in [-0.05, 0) is 60.8 Å². The van der Waals surface area contributed by atoms with Crippen molar-refractivity contribution >= 4 is 23.2 Å². The summed E-state index contributed by atoms with van der Waals surface area (Å²) in [6.07, 6.45) is 4.20. The van der Waals surface area contributed by atoms with E-state index in [1.54, 1.807) is 0 Å². The largest absolute Gasteiger partial charge is 0.374 e. The third kappa shape index (κ3) is 5.01. The maximum Gasteiger partial charge on any atom is 0.133 e. The molecule has 1 aliphatic rings. The van der Waals surface area contributed by atoms with Gasteiger partial charge in [0.2, 0.25) is 0 Å². The van der Waals surface area contributed by atoms with Crippen LogP contribution in [0, 0.1) is 5.92 Å². The first-order valence-electron chi connectivity index (χ1n) is 9.46. The molecule has 1 aliphatic heterocycles. The fourth-order valence-electron chi connectivity index (χ4n) is 3.79. The zero-order chi connectivity index (χ0) is 18.5. The van der Waals surface area contributed by atoms with Crippen LogP contribution in [0.5, 0.6) is 0 Å². The van der Waals surface area contributed by atoms with Gasteiger partial charge in [0.25, 0.3) is 0 Å². The lowest BCUT2D eigenvalue weighted by molar-refractivity contribution is -0.0198. The summed E-state index contributed by atoms with van der Waals surface area (Å²) in [7, 11) is 0. The molecule has 140 valence electrons. The zero-order valence-electron chi connectivity index (χ0n) is 15.2. The SMILES string of the molecule is CC(CCC1CCN(C(O)c2ccccc2)CC1)c1ccc(Cl)c(Cl)c1. The highest BCUT2D eigenvalue weighted by Gasteiger charge is 2.25. The van der Waals surface area contributed by atoms with E-state index >= 15 is 0 Å². The highest BCUT2D eigenvalue weighted by molar-refractivity contribution is 6.42. The second-order valence-electron chi connectivity index (χ2n) is 7.42. The summed E-state index contributed by atoms with van der Waals surface area (Å²) in [6.45, 7) is 4.18. The Bertz CT molecular complexity index is 699. The van der Waals surface area contributed by atoms with Gasteiger partial charge >= 0.3 is 0 Å². The van der Waals surface area contributed by atoms with Crippen LogP contribution in [0.15, 0.2) is 48.5 Å². The number of nitrogens with zero attached hydrogens (tertiary/aromatic N) is 1. The lowest BCUT2D eigenvalue weighted by Gasteiger charge is -2.35. The molecule has 26 heavy (non-hydrogen) atoms. The fourth-order valence-corrected chi connectivity index (χ4v) is 4.10. The molecule has 1 fully saturated rings. The molecule has 2 aromatic rings. The van der Waals surface area contributed by atoms with E-state index in [2.05, 4.69) is 17.9 Å². The number of likely N-dealkylation sites (tertiary alicyclic amines) is 1. The Balaban J connectivity index is 1.46. The van der Waals surface area contributed by atoms with Crippen molar-refractivity contribution in [2.75, 3.05) is 13.1 Å². The molecule has 0 spiro atoms. The van der Waals surface area contributed by atoms with Gasteiger partial charge in [-0.2, -0.15) is 0 Å². The average Bonchev–Trinajstić information content (AvgIpc) is 2.68. The third-order valence-corrected chi connectivity index (χ3v) is 6.35. The maximum absolute atomic E-state index is 10.5. The van der Waals surface area contributed by atoms with E-state index in [4.69, 9.17) is 23.2 Å². The van der Waals surface area contributed by atoms with Crippen molar-refractivity contribution in [2.45, 2.75) is 44.8 Å². The van der Waals surface area contributed by atoms with Crippen LogP contribution in [0.4, 0.5) is 0 Å². The molecule has 1 heterocycles. The number of hydrogen-bond acceptors (Lipinski definition) is 2. The second kappa shape index (κ2) is 9.23. The van der Waals surface area contributed by atoms with Crippen LogP contribution in [0.1, 0.15) is 55.9 Å². The van der Waals surface area contributed by atoms with E-state index in [1.165, 1.54) is 12.0 Å². The molecule has 2 atom stereocenters. The number of benzene rings is 2. The van der Waals surface area contributed by atoms with E-state index in [-0.39, 0.29) is 0 Å². The monoisotopic (exact) mass is 391 g/mol. The minimum absolute atomic E-state index is 0.479. The summed E-state index contributed by atoms with van der Waals surface area (Å²) in [4.78, 5) is 2.19. The number of halogens is 2. The van der Waals surface area contributed by atoms with Gasteiger partial charge in [0.1, 0.15) is 6.23 Å². The van der Waals surface area contributed by atoms with Gasteiger partial charge in [-0.3, -0.25) is 4.90 Å². The van der Waals surface area contributed by atoms with Crippen LogP contribution in [0.2, 0.25) is 10.0 Å². The van der Waals surface area contributed by atoms with Crippen molar-refractivity contribution in [3.05, 3.63) is 69.7 Å². The molecule has 0 bridgehead atoms. The number of rotatable bonds is 6. The summed E-state index contributed by atoms with van der Waals surface area (Å²) in [5.41, 5.74) is 2.25. The summed E-state index contributed by atoms with van der Waals surface area (Å²) >= 11 is 12.2. The van der Waals surface area contributed by atoms with Crippen LogP contribution in [0.3, 0.4) is 0 Å². The van der Waals surface area contributed by atoms with Gasteiger partial charge in [-0.1, -0.05) is 66.5 Å². The van der Waals surface area contributed by atoms with Gasteiger partial charge in [0, 0.05) is 13.1 Å². The number of aliphatic hydroxyl groups is 1. The van der Waals surface area contributed by atoms with E-state index < -0.39 is 6.23 Å². The Morgan fingerprint density at radius 2 is 1.69 bits per heavy atom. The van der Waals surface area contributed by atoms with Gasteiger partial charge in [0.05, 0.1) is 10.0 Å². The van der Waals surface area contributed by atoms with Crippen LogP contribution < -0.4 is 0 Å². The number of hydrogen-bond donors (Lipinski definition) is 1. The molecule has 2 aromatic carbocycles. The maximum atomic E-state index is 10.5. The van der Waals surface area contributed by atoms with E-state index in [0.29, 0.717) is 16.0 Å². The number of piperidine rings is 1. The second-order valence-corrected chi connectivity index (χ2v) is 8.23. The van der Waals surface area contributed by atoms with Gasteiger partial charge in [-0.25, -0.2) is 0 Å². The Labute approximate surface area is 166 Å². The minimum atomic E-state index is -0.479. The lowest BCUT2D eigenvalue weighted by Crippen LogP contribution is -2.36. The summed E-state index contributed by atoms with van der Waals surface area (Å²) in [6, 6.07) is 15.9. The van der Waals surface area contributed by atoms with Gasteiger partial charge in [0.15, 0.2) is 0 Å². The normalized spacial score (nSPS) is 18.6. The summed E-state index contributed by atoms with van der Waals surface area (Å²) in [5, 5.41) is 11.8. The molecule has 3 rings (SSSR count). The van der Waals surface area contributed by atoms with E-state index in [1.807, 2.05) is 42.5 Å². The Kier molecular flexibility index (Phi) is 6.99. The van der Waals surface area contributed by atoms with Gasteiger partial charge in [-0.15, -0.1) is 0 Å². The summed E-state index contributed by atoms with van der Waals surface area (Å²) in [5.74, 6) is 1.22. The van der Waals surface area contributed by atoms with Crippen LogP contribution in [-0.4, -0.2) is 23.1 Å². The van der Waals surface area contributed by atoms with E-state index in [9.17, 15) is 5.11 Å². The number of aliphatic hydroxyl groups excluding tert-OH is 1. The molecule has 4 heteroatoms. The fraction of sp³-hybridized carbons (Fsp3) is 0.455. The van der Waals surface area contributed by atoms with Crippen LogP contribution in [-0.2, 0) is 0 Å². The van der Waals surface area contributed by atoms with Crippen molar-refractivity contribution in [2.24, 2.45) is 5.92 Å². The Morgan fingerprint density at radius 3 is 2.35 bits per heavy atom. The first kappa shape index (κ1) is 19.7. The Morgan fingerprint density at radius 1 is 1.00 bits per heavy atom. The first-order valence-corrected chi connectivity index (χ1v) is 10.2. The highest BCUT2D eigenvalue weighted by Crippen LogP contribution is 2.32. The van der Waals surface area contributed by atoms with Crippen molar-refractivity contribution in [3.8, 4) is 0 Å². The molecule has 2 nitrogen and oxygen atoms in total. The average molecular weight is 392 g/mol. The Hall–Kier alpha value is -1.06. The first-order chi connectivity index (χ1) is 12.5. The predicted molar refractivity (Wildman–Crippen MR) is 110 cm³/mol. The lowest BCUT2D eigenvalue weighted by atomic mass is 9.87. The van der Waals surface area contributed by atoms with Crippen molar-refractivity contribution in [3.63, 3.8) is 0 Å². The summed E-state index contributed by atoms with van der Waals surface area (Å²) < 4.78 is 0. The zero-order valence-corrected chi connectivity index (χ0v) is 16.8. The van der Waals surface area contributed by atoms with Crippen molar-refractivity contribution < 1.29 is 5.11 Å². The molecule has 0 radical (unpaired) electrons. The minimum Gasteiger partial charge on any atom is -0.374 e. The quantitative estimate of drug-likeness (QED) is 0.625. The topological polar surface area (TPSA) is 23.5 Å².